The summed E-state index contributed by atoms with van der Waals surface area (Å²) in [6, 6.07) is 21.0. The third-order valence-electron chi connectivity index (χ3n) is 5.60. The van der Waals surface area contributed by atoms with E-state index in [9.17, 15) is 4.79 Å². The Hall–Kier alpha value is -3.60. The van der Waals surface area contributed by atoms with Crippen molar-refractivity contribution in [1.29, 1.82) is 0 Å². The molecule has 31 heavy (non-hydrogen) atoms. The molecule has 0 aliphatic carbocycles. The highest BCUT2D eigenvalue weighted by molar-refractivity contribution is 5.98. The number of primary amides is 1. The number of carbonyl (C=O) groups excluding carboxylic acids is 1. The third kappa shape index (κ3) is 4.94. The van der Waals surface area contributed by atoms with Gasteiger partial charge in [-0.15, -0.1) is 0 Å². The van der Waals surface area contributed by atoms with Gasteiger partial charge in [0.15, 0.2) is 0 Å². The van der Waals surface area contributed by atoms with E-state index in [1.165, 1.54) is 0 Å². The molecule has 0 unspecified atom stereocenters. The second-order valence-corrected chi connectivity index (χ2v) is 7.73. The average Bonchev–Trinajstić information content (AvgIpc) is 2.80. The summed E-state index contributed by atoms with van der Waals surface area (Å²) < 4.78 is 5.87. The van der Waals surface area contributed by atoms with Gasteiger partial charge in [-0.2, -0.15) is 0 Å². The van der Waals surface area contributed by atoms with Crippen LogP contribution in [0.3, 0.4) is 0 Å². The number of para-hydroxylation sites is 1. The van der Waals surface area contributed by atoms with Crippen LogP contribution in [-0.2, 0) is 0 Å². The van der Waals surface area contributed by atoms with E-state index in [2.05, 4.69) is 17.2 Å². The molecular formula is C26H27N3O2. The Morgan fingerprint density at radius 3 is 2.32 bits per heavy atom. The zero-order valence-corrected chi connectivity index (χ0v) is 17.7. The maximum Gasteiger partial charge on any atom is 0.250 e. The van der Waals surface area contributed by atoms with Gasteiger partial charge in [-0.1, -0.05) is 24.3 Å². The van der Waals surface area contributed by atoms with Gasteiger partial charge in [-0.25, -0.2) is 0 Å². The predicted molar refractivity (Wildman–Crippen MR) is 123 cm³/mol. The van der Waals surface area contributed by atoms with Crippen molar-refractivity contribution in [3.63, 3.8) is 0 Å². The minimum absolute atomic E-state index is 0.378. The number of hydrogen-bond donors (Lipinski definition) is 1. The first-order valence-electron chi connectivity index (χ1n) is 10.6. The van der Waals surface area contributed by atoms with E-state index in [1.807, 2.05) is 73.7 Å². The lowest BCUT2D eigenvalue weighted by Gasteiger charge is -2.31. The number of rotatable bonds is 6. The lowest BCUT2D eigenvalue weighted by Crippen LogP contribution is -2.29. The highest BCUT2D eigenvalue weighted by atomic mass is 16.5. The number of likely N-dealkylation sites (tertiary alicyclic amines) is 1. The molecule has 3 aromatic rings. The molecule has 158 valence electrons. The van der Waals surface area contributed by atoms with Crippen LogP contribution in [0, 0.1) is 0 Å². The SMILES string of the molecule is CC=CN1CCC(c2ccc(C(N)=O)c(-c3ccc(Oc4ccccc4)cc3)n2)CC1. The smallest absolute Gasteiger partial charge is 0.250 e. The Morgan fingerprint density at radius 2 is 1.68 bits per heavy atom. The molecule has 0 spiro atoms. The Kier molecular flexibility index (Phi) is 6.32. The van der Waals surface area contributed by atoms with Crippen molar-refractivity contribution >= 4 is 5.91 Å². The molecule has 0 radical (unpaired) electrons. The van der Waals surface area contributed by atoms with Crippen molar-refractivity contribution < 1.29 is 9.53 Å². The van der Waals surface area contributed by atoms with Gasteiger partial charge in [0.05, 0.1) is 11.3 Å². The number of benzene rings is 2. The molecule has 4 rings (SSSR count). The van der Waals surface area contributed by atoms with Gasteiger partial charge < -0.3 is 15.4 Å². The first-order chi connectivity index (χ1) is 15.1. The van der Waals surface area contributed by atoms with Crippen LogP contribution in [-0.4, -0.2) is 28.9 Å². The van der Waals surface area contributed by atoms with Gasteiger partial charge in [0.25, 0.3) is 5.91 Å². The first kappa shape index (κ1) is 20.7. The normalized spacial score (nSPS) is 14.7. The fourth-order valence-electron chi connectivity index (χ4n) is 3.98. The van der Waals surface area contributed by atoms with Crippen molar-refractivity contribution in [2.75, 3.05) is 13.1 Å². The molecule has 1 fully saturated rings. The molecule has 1 aliphatic heterocycles. The minimum Gasteiger partial charge on any atom is -0.457 e. The van der Waals surface area contributed by atoms with Gasteiger partial charge >= 0.3 is 0 Å². The fourth-order valence-corrected chi connectivity index (χ4v) is 3.98. The van der Waals surface area contributed by atoms with Crippen molar-refractivity contribution in [3.05, 3.63) is 90.3 Å². The summed E-state index contributed by atoms with van der Waals surface area (Å²) in [6.45, 7) is 4.06. The van der Waals surface area contributed by atoms with Crippen LogP contribution < -0.4 is 10.5 Å². The van der Waals surface area contributed by atoms with Crippen LogP contribution in [0.25, 0.3) is 11.3 Å². The van der Waals surface area contributed by atoms with E-state index >= 15 is 0 Å². The Bertz CT molecular complexity index is 1050. The van der Waals surface area contributed by atoms with E-state index in [4.69, 9.17) is 15.5 Å². The van der Waals surface area contributed by atoms with Crippen molar-refractivity contribution in [2.24, 2.45) is 5.73 Å². The molecule has 5 nitrogen and oxygen atoms in total. The Labute approximate surface area is 183 Å². The summed E-state index contributed by atoms with van der Waals surface area (Å²) in [5.41, 5.74) is 8.58. The number of pyridine rings is 1. The number of ether oxygens (including phenoxy) is 1. The predicted octanol–water partition coefficient (Wildman–Crippen LogP) is 5.35. The lowest BCUT2D eigenvalue weighted by atomic mass is 9.92. The standard InChI is InChI=1S/C26H27N3O2/c1-2-16-29-17-14-19(15-18-29)24-13-12-23(26(27)30)25(28-24)20-8-10-22(11-9-20)31-21-6-4-3-5-7-21/h2-13,16,19H,14-15,17-18H2,1H3,(H2,27,30). The number of hydrogen-bond acceptors (Lipinski definition) is 4. The zero-order chi connectivity index (χ0) is 21.6. The maximum absolute atomic E-state index is 12.0. The highest BCUT2D eigenvalue weighted by Crippen LogP contribution is 2.31. The summed E-state index contributed by atoms with van der Waals surface area (Å²) in [7, 11) is 0. The maximum atomic E-state index is 12.0. The molecule has 2 aromatic carbocycles. The number of nitrogens with zero attached hydrogens (tertiary/aromatic N) is 2. The number of allylic oxidation sites excluding steroid dienone is 1. The fraction of sp³-hybridized carbons (Fsp3) is 0.231. The number of aromatic nitrogens is 1. The summed E-state index contributed by atoms with van der Waals surface area (Å²) >= 11 is 0. The first-order valence-corrected chi connectivity index (χ1v) is 10.6. The largest absolute Gasteiger partial charge is 0.457 e. The van der Waals surface area contributed by atoms with Gasteiger partial charge in [-0.3, -0.25) is 9.78 Å². The van der Waals surface area contributed by atoms with E-state index in [0.717, 1.165) is 48.7 Å². The molecule has 2 N–H and O–H groups in total. The highest BCUT2D eigenvalue weighted by Gasteiger charge is 2.22. The minimum atomic E-state index is -0.471. The molecule has 0 bridgehead atoms. The van der Waals surface area contributed by atoms with Gasteiger partial charge in [-0.05, 0) is 74.5 Å². The molecule has 1 saturated heterocycles. The second-order valence-electron chi connectivity index (χ2n) is 7.73. The Morgan fingerprint density at radius 1 is 1.00 bits per heavy atom. The van der Waals surface area contributed by atoms with E-state index < -0.39 is 5.91 Å². The van der Waals surface area contributed by atoms with Crippen LogP contribution in [0.15, 0.2) is 79.0 Å². The number of piperidine rings is 1. The van der Waals surface area contributed by atoms with Crippen molar-refractivity contribution in [2.45, 2.75) is 25.7 Å². The molecule has 1 aromatic heterocycles. The molecule has 0 atom stereocenters. The number of amides is 1. The topological polar surface area (TPSA) is 68.5 Å². The van der Waals surface area contributed by atoms with E-state index in [0.29, 0.717) is 17.2 Å². The molecule has 1 amide bonds. The van der Waals surface area contributed by atoms with Crippen LogP contribution in [0.4, 0.5) is 0 Å². The summed E-state index contributed by atoms with van der Waals surface area (Å²) in [6.07, 6.45) is 6.29. The quantitative estimate of drug-likeness (QED) is 0.591. The van der Waals surface area contributed by atoms with Gasteiger partial charge in [0.2, 0.25) is 0 Å². The molecule has 2 heterocycles. The van der Waals surface area contributed by atoms with Gasteiger partial charge in [0.1, 0.15) is 11.5 Å². The molecule has 5 heteroatoms. The van der Waals surface area contributed by atoms with Crippen molar-refractivity contribution in [1.82, 2.24) is 9.88 Å². The van der Waals surface area contributed by atoms with Crippen LogP contribution >= 0.6 is 0 Å². The molecular weight excluding hydrogens is 386 g/mol. The van der Waals surface area contributed by atoms with Crippen molar-refractivity contribution in [3.8, 4) is 22.8 Å². The summed E-state index contributed by atoms with van der Waals surface area (Å²) in [4.78, 5) is 19.3. The van der Waals surface area contributed by atoms with Crippen LogP contribution in [0.5, 0.6) is 11.5 Å². The Balaban J connectivity index is 1.58. The second kappa shape index (κ2) is 9.47. The summed E-state index contributed by atoms with van der Waals surface area (Å²) in [5, 5.41) is 0. The van der Waals surface area contributed by atoms with E-state index in [-0.39, 0.29) is 0 Å². The zero-order valence-electron chi connectivity index (χ0n) is 17.7. The molecule has 0 saturated carbocycles. The third-order valence-corrected chi connectivity index (χ3v) is 5.60. The average molecular weight is 414 g/mol. The van der Waals surface area contributed by atoms with Gasteiger partial charge in [0, 0.05) is 30.3 Å². The monoisotopic (exact) mass is 413 g/mol. The number of nitrogens with two attached hydrogens (primary N) is 1. The van der Waals surface area contributed by atoms with Crippen LogP contribution in [0.2, 0.25) is 0 Å². The number of carbonyl (C=O) groups is 1. The lowest BCUT2D eigenvalue weighted by molar-refractivity contribution is 0.100. The van der Waals surface area contributed by atoms with E-state index in [1.54, 1.807) is 0 Å². The molecule has 1 aliphatic rings. The summed E-state index contributed by atoms with van der Waals surface area (Å²) in [5.74, 6) is 1.41. The van der Waals surface area contributed by atoms with Crippen LogP contribution in [0.1, 0.15) is 41.7 Å².